The number of anilines is 2. The number of Topliss-reactive ketones (excluding diaryl/α,β-unsaturated/α-hetero) is 1. The van der Waals surface area contributed by atoms with Crippen molar-refractivity contribution < 1.29 is 14.8 Å². The van der Waals surface area contributed by atoms with Crippen molar-refractivity contribution in [2.75, 3.05) is 23.5 Å². The standard InChI is InChI=1S/C20H20ClN3O3.ClH/c1-2-18(25)24(27)17-9-7-16(8-10-17)23-20(11-12-22-13-20)19(26)14-3-5-15(21)6-4-14;/h2-10,22-23,27H,1,11-13H2;1H/t20-;/m1./s1. The number of benzene rings is 2. The Kier molecular flexibility index (Phi) is 7.21. The van der Waals surface area contributed by atoms with Gasteiger partial charge in [0, 0.05) is 22.8 Å². The Labute approximate surface area is 174 Å². The second kappa shape index (κ2) is 9.21. The van der Waals surface area contributed by atoms with E-state index >= 15 is 0 Å². The highest BCUT2D eigenvalue weighted by atomic mass is 35.5. The Morgan fingerprint density at radius 1 is 1.18 bits per heavy atom. The van der Waals surface area contributed by atoms with Crippen LogP contribution in [0.1, 0.15) is 16.8 Å². The van der Waals surface area contributed by atoms with Crippen molar-refractivity contribution in [3.63, 3.8) is 0 Å². The van der Waals surface area contributed by atoms with Crippen LogP contribution < -0.4 is 15.7 Å². The van der Waals surface area contributed by atoms with Gasteiger partial charge >= 0.3 is 0 Å². The van der Waals surface area contributed by atoms with Crippen molar-refractivity contribution in [3.05, 3.63) is 71.8 Å². The predicted molar refractivity (Wildman–Crippen MR) is 113 cm³/mol. The number of hydroxylamine groups is 1. The van der Waals surface area contributed by atoms with E-state index in [0.29, 0.717) is 40.0 Å². The molecule has 0 unspecified atom stereocenters. The van der Waals surface area contributed by atoms with Gasteiger partial charge in [-0.05, 0) is 67.6 Å². The molecule has 0 aromatic heterocycles. The Morgan fingerprint density at radius 3 is 2.36 bits per heavy atom. The lowest BCUT2D eigenvalue weighted by molar-refractivity contribution is -0.118. The Hall–Kier alpha value is -2.38. The van der Waals surface area contributed by atoms with Gasteiger partial charge in [0.1, 0.15) is 5.54 Å². The number of hydrogen-bond donors (Lipinski definition) is 3. The quantitative estimate of drug-likeness (QED) is 0.286. The third kappa shape index (κ3) is 4.54. The van der Waals surface area contributed by atoms with Gasteiger partial charge in [-0.15, -0.1) is 12.4 Å². The van der Waals surface area contributed by atoms with Crippen LogP contribution in [-0.4, -0.2) is 35.5 Å². The summed E-state index contributed by atoms with van der Waals surface area (Å²) in [7, 11) is 0. The van der Waals surface area contributed by atoms with Gasteiger partial charge in [0.25, 0.3) is 5.91 Å². The monoisotopic (exact) mass is 421 g/mol. The van der Waals surface area contributed by atoms with E-state index in [4.69, 9.17) is 11.6 Å². The first kappa shape index (κ1) is 21.9. The third-order valence-electron chi connectivity index (χ3n) is 4.58. The summed E-state index contributed by atoms with van der Waals surface area (Å²) >= 11 is 5.92. The number of carbonyl (C=O) groups excluding carboxylic acids is 2. The molecule has 6 nitrogen and oxygen atoms in total. The minimum atomic E-state index is -0.773. The smallest absolute Gasteiger partial charge is 0.274 e. The highest BCUT2D eigenvalue weighted by Gasteiger charge is 2.41. The maximum absolute atomic E-state index is 13.1. The first-order valence-electron chi connectivity index (χ1n) is 8.50. The minimum Gasteiger partial charge on any atom is -0.371 e. The van der Waals surface area contributed by atoms with Crippen LogP contribution in [0.2, 0.25) is 5.02 Å². The van der Waals surface area contributed by atoms with Gasteiger partial charge in [-0.3, -0.25) is 14.8 Å². The number of nitrogens with one attached hydrogen (secondary N) is 2. The number of nitrogens with zero attached hydrogens (tertiary/aromatic N) is 1. The van der Waals surface area contributed by atoms with Crippen LogP contribution in [-0.2, 0) is 4.79 Å². The second-order valence-electron chi connectivity index (χ2n) is 6.37. The van der Waals surface area contributed by atoms with E-state index in [2.05, 4.69) is 17.2 Å². The maximum Gasteiger partial charge on any atom is 0.274 e. The zero-order valence-electron chi connectivity index (χ0n) is 15.0. The minimum absolute atomic E-state index is 0. The lowest BCUT2D eigenvalue weighted by atomic mass is 9.88. The molecule has 0 saturated carbocycles. The number of amides is 1. The highest BCUT2D eigenvalue weighted by Crippen LogP contribution is 2.28. The Bertz CT molecular complexity index is 848. The topological polar surface area (TPSA) is 81.7 Å². The molecule has 3 N–H and O–H groups in total. The van der Waals surface area contributed by atoms with Gasteiger partial charge in [-0.2, -0.15) is 5.06 Å². The molecule has 1 amide bonds. The van der Waals surface area contributed by atoms with E-state index in [0.717, 1.165) is 12.6 Å². The zero-order valence-corrected chi connectivity index (χ0v) is 16.6. The molecular weight excluding hydrogens is 401 g/mol. The molecule has 1 aliphatic rings. The molecule has 0 spiro atoms. The molecular formula is C20H21Cl2N3O3. The Balaban J connectivity index is 0.00000280. The summed E-state index contributed by atoms with van der Waals surface area (Å²) in [6, 6.07) is 13.5. The van der Waals surface area contributed by atoms with Crippen molar-refractivity contribution in [3.8, 4) is 0 Å². The van der Waals surface area contributed by atoms with Crippen molar-refractivity contribution in [1.29, 1.82) is 0 Å². The molecule has 1 atom stereocenters. The van der Waals surface area contributed by atoms with E-state index in [9.17, 15) is 14.8 Å². The van der Waals surface area contributed by atoms with Crippen LogP contribution in [0.3, 0.4) is 0 Å². The summed E-state index contributed by atoms with van der Waals surface area (Å²) in [5.74, 6) is -0.635. The molecule has 28 heavy (non-hydrogen) atoms. The van der Waals surface area contributed by atoms with Crippen LogP contribution in [0.15, 0.2) is 61.2 Å². The van der Waals surface area contributed by atoms with E-state index in [1.54, 1.807) is 48.5 Å². The lowest BCUT2D eigenvalue weighted by Crippen LogP contribution is -2.48. The van der Waals surface area contributed by atoms with Crippen LogP contribution >= 0.6 is 24.0 Å². The summed E-state index contributed by atoms with van der Waals surface area (Å²) in [5.41, 5.74) is 0.841. The predicted octanol–water partition coefficient (Wildman–Crippen LogP) is 3.70. The SMILES string of the molecule is C=CC(=O)N(O)c1ccc(N[C@]2(C(=O)c3ccc(Cl)cc3)CCNC2)cc1.Cl. The zero-order chi connectivity index (χ0) is 19.4. The summed E-state index contributed by atoms with van der Waals surface area (Å²) in [4.78, 5) is 24.6. The van der Waals surface area contributed by atoms with E-state index in [-0.39, 0.29) is 18.2 Å². The average Bonchev–Trinajstić information content (AvgIpc) is 3.17. The van der Waals surface area contributed by atoms with E-state index < -0.39 is 11.4 Å². The molecule has 0 aliphatic carbocycles. The fraction of sp³-hybridized carbons (Fsp3) is 0.200. The van der Waals surface area contributed by atoms with E-state index in [1.165, 1.54) is 0 Å². The molecule has 148 valence electrons. The molecule has 2 aromatic rings. The fourth-order valence-corrected chi connectivity index (χ4v) is 3.23. The molecule has 1 aliphatic heterocycles. The van der Waals surface area contributed by atoms with Gasteiger partial charge in [-0.1, -0.05) is 18.2 Å². The number of hydrogen-bond acceptors (Lipinski definition) is 5. The Morgan fingerprint density at radius 2 is 1.82 bits per heavy atom. The average molecular weight is 422 g/mol. The molecule has 0 radical (unpaired) electrons. The molecule has 1 saturated heterocycles. The highest BCUT2D eigenvalue weighted by molar-refractivity contribution is 6.30. The van der Waals surface area contributed by atoms with Gasteiger partial charge in [-0.25, -0.2) is 0 Å². The third-order valence-corrected chi connectivity index (χ3v) is 4.83. The van der Waals surface area contributed by atoms with Crippen LogP contribution in [0.4, 0.5) is 11.4 Å². The van der Waals surface area contributed by atoms with Crippen LogP contribution in [0.25, 0.3) is 0 Å². The van der Waals surface area contributed by atoms with Crippen molar-refractivity contribution >= 4 is 47.1 Å². The first-order valence-corrected chi connectivity index (χ1v) is 8.88. The number of rotatable bonds is 6. The van der Waals surface area contributed by atoms with Crippen LogP contribution in [0, 0.1) is 0 Å². The summed E-state index contributed by atoms with van der Waals surface area (Å²) < 4.78 is 0. The normalized spacial score (nSPS) is 18.1. The molecule has 0 bridgehead atoms. The number of halogens is 2. The molecule has 1 heterocycles. The largest absolute Gasteiger partial charge is 0.371 e. The van der Waals surface area contributed by atoms with Crippen molar-refractivity contribution in [2.24, 2.45) is 0 Å². The van der Waals surface area contributed by atoms with Crippen LogP contribution in [0.5, 0.6) is 0 Å². The van der Waals surface area contributed by atoms with Gasteiger partial charge < -0.3 is 10.6 Å². The van der Waals surface area contributed by atoms with Gasteiger partial charge in [0.2, 0.25) is 0 Å². The fourth-order valence-electron chi connectivity index (χ4n) is 3.10. The first-order chi connectivity index (χ1) is 12.9. The summed E-state index contributed by atoms with van der Waals surface area (Å²) in [6.45, 7) is 4.56. The lowest BCUT2D eigenvalue weighted by Gasteiger charge is -2.29. The van der Waals surface area contributed by atoms with E-state index in [1.807, 2.05) is 0 Å². The molecule has 1 fully saturated rings. The maximum atomic E-state index is 13.1. The molecule has 2 aromatic carbocycles. The van der Waals surface area contributed by atoms with Crippen molar-refractivity contribution in [2.45, 2.75) is 12.0 Å². The second-order valence-corrected chi connectivity index (χ2v) is 6.81. The molecule has 8 heteroatoms. The summed E-state index contributed by atoms with van der Waals surface area (Å²) in [6.07, 6.45) is 1.66. The number of carbonyl (C=O) groups is 2. The molecule has 3 rings (SSSR count). The summed E-state index contributed by atoms with van der Waals surface area (Å²) in [5, 5.41) is 17.4. The van der Waals surface area contributed by atoms with Gasteiger partial charge in [0.05, 0.1) is 5.69 Å². The van der Waals surface area contributed by atoms with Gasteiger partial charge in [0.15, 0.2) is 5.78 Å². The number of ketones is 1. The van der Waals surface area contributed by atoms with Crippen molar-refractivity contribution in [1.82, 2.24) is 5.32 Å².